The van der Waals surface area contributed by atoms with Gasteiger partial charge in [0.25, 0.3) is 0 Å². The molecular weight excluding hydrogens is 274 g/mol. The summed E-state index contributed by atoms with van der Waals surface area (Å²) in [5, 5.41) is 5.55. The van der Waals surface area contributed by atoms with Crippen molar-refractivity contribution in [2.75, 3.05) is 5.32 Å². The van der Waals surface area contributed by atoms with E-state index in [2.05, 4.69) is 26.1 Å². The van der Waals surface area contributed by atoms with Crippen LogP contribution in [-0.2, 0) is 4.79 Å². The van der Waals surface area contributed by atoms with Crippen molar-refractivity contribution in [3.63, 3.8) is 0 Å². The number of anilines is 1. The lowest BCUT2D eigenvalue weighted by Gasteiger charge is -2.08. The number of thiazole rings is 1. The van der Waals surface area contributed by atoms with E-state index >= 15 is 0 Å². The molecule has 20 heavy (non-hydrogen) atoms. The van der Waals surface area contributed by atoms with Crippen LogP contribution in [-0.4, -0.2) is 28.0 Å². The summed E-state index contributed by atoms with van der Waals surface area (Å²) in [5.74, 6) is 0.529. The first-order valence-corrected chi connectivity index (χ1v) is 7.28. The lowest BCUT2D eigenvalue weighted by molar-refractivity contribution is -0.117. The topological polar surface area (TPSA) is 78.9 Å². The van der Waals surface area contributed by atoms with Crippen molar-refractivity contribution in [2.24, 2.45) is 0 Å². The van der Waals surface area contributed by atoms with Crippen LogP contribution in [0, 0.1) is 0 Å². The highest BCUT2D eigenvalue weighted by Crippen LogP contribution is 2.25. The Morgan fingerprint density at radius 2 is 2.20 bits per heavy atom. The van der Waals surface area contributed by atoms with E-state index in [0.717, 1.165) is 17.0 Å². The summed E-state index contributed by atoms with van der Waals surface area (Å²) >= 11 is 1.50. The molecule has 0 bridgehead atoms. The van der Waals surface area contributed by atoms with Crippen molar-refractivity contribution in [1.29, 1.82) is 0 Å². The van der Waals surface area contributed by atoms with Crippen molar-refractivity contribution in [3.8, 4) is 10.6 Å². The van der Waals surface area contributed by atoms with Gasteiger partial charge in [0.05, 0.1) is 0 Å². The summed E-state index contributed by atoms with van der Waals surface area (Å²) in [5.41, 5.74) is 7.00. The second-order valence-corrected chi connectivity index (χ2v) is 5.60. The van der Waals surface area contributed by atoms with Crippen LogP contribution in [0.5, 0.6) is 0 Å². The third-order valence-electron chi connectivity index (χ3n) is 3.09. The van der Waals surface area contributed by atoms with E-state index < -0.39 is 0 Å². The third kappa shape index (κ3) is 2.84. The predicted molar refractivity (Wildman–Crippen MR) is 78.1 cm³/mol. The first-order chi connectivity index (χ1) is 9.72. The number of hydrogen-bond acceptors (Lipinski definition) is 6. The van der Waals surface area contributed by atoms with Crippen molar-refractivity contribution in [1.82, 2.24) is 20.8 Å². The minimum atomic E-state index is -0.212. The molecule has 2 unspecified atom stereocenters. The van der Waals surface area contributed by atoms with Gasteiger partial charge in [0.15, 0.2) is 0 Å². The zero-order valence-electron chi connectivity index (χ0n) is 11.0. The Balaban J connectivity index is 1.67. The number of nitrogens with one attached hydrogen (secondary N) is 3. The molecule has 3 heterocycles. The molecule has 1 aliphatic heterocycles. The molecule has 0 spiro atoms. The van der Waals surface area contributed by atoms with Gasteiger partial charge in [-0.1, -0.05) is 0 Å². The van der Waals surface area contributed by atoms with Crippen molar-refractivity contribution < 1.29 is 4.79 Å². The molecule has 0 radical (unpaired) electrons. The van der Waals surface area contributed by atoms with E-state index in [1.807, 2.05) is 24.4 Å². The molecule has 1 fully saturated rings. The highest BCUT2D eigenvalue weighted by atomic mass is 32.1. The monoisotopic (exact) mass is 289 g/mol. The molecule has 3 rings (SSSR count). The van der Waals surface area contributed by atoms with Crippen molar-refractivity contribution in [2.45, 2.75) is 25.4 Å². The van der Waals surface area contributed by atoms with Crippen LogP contribution in [0.3, 0.4) is 0 Å². The summed E-state index contributed by atoms with van der Waals surface area (Å²) < 4.78 is 0. The maximum absolute atomic E-state index is 12.0. The van der Waals surface area contributed by atoms with Crippen LogP contribution < -0.4 is 16.2 Å². The first-order valence-electron chi connectivity index (χ1n) is 6.40. The van der Waals surface area contributed by atoms with Crippen molar-refractivity contribution >= 4 is 23.1 Å². The SMILES string of the molecule is CC1CC(C(=O)Nc2csc(-c3ccncc3)n2)NN1. The molecule has 2 aromatic heterocycles. The van der Waals surface area contributed by atoms with Gasteiger partial charge in [0, 0.05) is 29.4 Å². The molecule has 1 saturated heterocycles. The molecule has 0 aliphatic carbocycles. The van der Waals surface area contributed by atoms with Gasteiger partial charge in [-0.25, -0.2) is 10.4 Å². The number of carbonyl (C=O) groups excluding carboxylic acids is 1. The zero-order chi connectivity index (χ0) is 13.9. The number of carbonyl (C=O) groups is 1. The minimum Gasteiger partial charge on any atom is -0.309 e. The highest BCUT2D eigenvalue weighted by Gasteiger charge is 2.26. The fourth-order valence-corrected chi connectivity index (χ4v) is 2.82. The van der Waals surface area contributed by atoms with Gasteiger partial charge in [-0.2, -0.15) is 0 Å². The molecule has 7 heteroatoms. The van der Waals surface area contributed by atoms with Crippen molar-refractivity contribution in [3.05, 3.63) is 29.9 Å². The van der Waals surface area contributed by atoms with Gasteiger partial charge < -0.3 is 5.32 Å². The van der Waals surface area contributed by atoms with Gasteiger partial charge in [0.2, 0.25) is 5.91 Å². The van der Waals surface area contributed by atoms with Crippen LogP contribution in [0.2, 0.25) is 0 Å². The smallest absolute Gasteiger partial charge is 0.244 e. The lowest BCUT2D eigenvalue weighted by atomic mass is 10.1. The van der Waals surface area contributed by atoms with E-state index in [1.165, 1.54) is 11.3 Å². The largest absolute Gasteiger partial charge is 0.309 e. The molecule has 0 saturated carbocycles. The van der Waals surface area contributed by atoms with Crippen LogP contribution in [0.1, 0.15) is 13.3 Å². The fraction of sp³-hybridized carbons (Fsp3) is 0.308. The maximum Gasteiger partial charge on any atom is 0.244 e. The Bertz CT molecular complexity index is 600. The van der Waals surface area contributed by atoms with Crippen LogP contribution >= 0.6 is 11.3 Å². The molecule has 104 valence electrons. The molecular formula is C13H15N5OS. The van der Waals surface area contributed by atoms with Crippen LogP contribution in [0.15, 0.2) is 29.9 Å². The number of hydrogen-bond donors (Lipinski definition) is 3. The summed E-state index contributed by atoms with van der Waals surface area (Å²) in [4.78, 5) is 20.4. The summed E-state index contributed by atoms with van der Waals surface area (Å²) in [6, 6.07) is 3.88. The average Bonchev–Trinajstić information content (AvgIpc) is 3.09. The fourth-order valence-electron chi connectivity index (χ4n) is 2.06. The third-order valence-corrected chi connectivity index (χ3v) is 3.98. The molecule has 2 aromatic rings. The van der Waals surface area contributed by atoms with E-state index in [9.17, 15) is 4.79 Å². The van der Waals surface area contributed by atoms with Crippen LogP contribution in [0.4, 0.5) is 5.82 Å². The van der Waals surface area contributed by atoms with Gasteiger partial charge in [0.1, 0.15) is 16.9 Å². The number of rotatable bonds is 3. The standard InChI is InChI=1S/C13H15N5OS/c1-8-6-10(18-17-8)12(19)15-11-7-20-13(16-11)9-2-4-14-5-3-9/h2-5,7-8,10,17-18H,6H2,1H3,(H,15,19). The number of nitrogens with zero attached hydrogens (tertiary/aromatic N) is 2. The van der Waals surface area contributed by atoms with E-state index in [0.29, 0.717) is 11.9 Å². The molecule has 1 aliphatic rings. The number of hydrazine groups is 1. The summed E-state index contributed by atoms with van der Waals surface area (Å²) in [6.07, 6.45) is 4.22. The second-order valence-electron chi connectivity index (χ2n) is 4.74. The molecule has 2 atom stereocenters. The maximum atomic E-state index is 12.0. The minimum absolute atomic E-state index is 0.0616. The van der Waals surface area contributed by atoms with E-state index in [-0.39, 0.29) is 11.9 Å². The van der Waals surface area contributed by atoms with Gasteiger partial charge >= 0.3 is 0 Å². The predicted octanol–water partition coefficient (Wildman–Crippen LogP) is 1.40. The van der Waals surface area contributed by atoms with Crippen LogP contribution in [0.25, 0.3) is 10.6 Å². The first kappa shape index (κ1) is 13.2. The molecule has 1 amide bonds. The second kappa shape index (κ2) is 5.66. The Morgan fingerprint density at radius 1 is 1.40 bits per heavy atom. The number of aromatic nitrogens is 2. The van der Waals surface area contributed by atoms with Gasteiger partial charge in [-0.15, -0.1) is 11.3 Å². The van der Waals surface area contributed by atoms with Gasteiger partial charge in [-0.05, 0) is 25.5 Å². The average molecular weight is 289 g/mol. The lowest BCUT2D eigenvalue weighted by Crippen LogP contribution is -2.40. The quantitative estimate of drug-likeness (QED) is 0.796. The zero-order valence-corrected chi connectivity index (χ0v) is 11.8. The number of pyridine rings is 1. The summed E-state index contributed by atoms with van der Waals surface area (Å²) in [6.45, 7) is 2.03. The molecule has 3 N–H and O–H groups in total. The van der Waals surface area contributed by atoms with Gasteiger partial charge in [-0.3, -0.25) is 15.2 Å². The van der Waals surface area contributed by atoms with E-state index in [4.69, 9.17) is 0 Å². The van der Waals surface area contributed by atoms with E-state index in [1.54, 1.807) is 12.4 Å². The molecule has 6 nitrogen and oxygen atoms in total. The molecule has 0 aromatic carbocycles. The summed E-state index contributed by atoms with van der Waals surface area (Å²) in [7, 11) is 0. The Kier molecular flexibility index (Phi) is 3.72. The normalized spacial score (nSPS) is 21.9. The highest BCUT2D eigenvalue weighted by molar-refractivity contribution is 7.13. The Labute approximate surface area is 120 Å². The Hall–Kier alpha value is -1.83. The number of amides is 1. The Morgan fingerprint density at radius 3 is 2.90 bits per heavy atom.